The molecule has 1 aliphatic heterocycles. The highest BCUT2D eigenvalue weighted by molar-refractivity contribution is 7.13. The van der Waals surface area contributed by atoms with Crippen LogP contribution in [0.3, 0.4) is 0 Å². The Balaban J connectivity index is 1.87. The molecule has 1 N–H and O–H groups in total. The van der Waals surface area contributed by atoms with Crippen molar-refractivity contribution in [3.63, 3.8) is 0 Å². The highest BCUT2D eigenvalue weighted by atomic mass is 32.1. The molecule has 0 radical (unpaired) electrons. The molecule has 1 aromatic heterocycles. The number of nitrogens with zero attached hydrogens (tertiary/aromatic N) is 1. The number of halogens is 3. The second-order valence-corrected chi connectivity index (χ2v) is 5.83. The van der Waals surface area contributed by atoms with Crippen molar-refractivity contribution in [3.05, 3.63) is 21.9 Å². The van der Waals surface area contributed by atoms with Crippen molar-refractivity contribution in [2.45, 2.75) is 25.6 Å². The number of carbonyl (C=O) groups is 1. The maximum absolute atomic E-state index is 12.5. The van der Waals surface area contributed by atoms with Crippen LogP contribution >= 0.6 is 11.3 Å². The molecule has 1 saturated heterocycles. The first-order valence-corrected chi connectivity index (χ1v) is 6.79. The molecule has 1 aromatic rings. The fourth-order valence-electron chi connectivity index (χ4n) is 2.22. The fourth-order valence-corrected chi connectivity index (χ4v) is 3.11. The number of thiophene rings is 1. The van der Waals surface area contributed by atoms with Crippen LogP contribution in [0.1, 0.15) is 27.4 Å². The smallest absolute Gasteiger partial charge is 0.391 e. The summed E-state index contributed by atoms with van der Waals surface area (Å²) in [4.78, 5) is 13.8. The van der Waals surface area contributed by atoms with E-state index in [1.807, 2.05) is 4.90 Å². The number of alkyl halides is 3. The zero-order valence-corrected chi connectivity index (χ0v) is 10.9. The molecule has 0 aromatic carbocycles. The Morgan fingerprint density at radius 2 is 2.00 bits per heavy atom. The molecule has 106 valence electrons. The lowest BCUT2D eigenvalue weighted by atomic mass is 9.96. The molecular weight excluding hydrogens is 279 g/mol. The van der Waals surface area contributed by atoms with Gasteiger partial charge in [-0.25, -0.2) is 4.79 Å². The minimum Gasteiger partial charge on any atom is -0.477 e. The van der Waals surface area contributed by atoms with E-state index >= 15 is 0 Å². The molecule has 0 amide bonds. The standard InChI is InChI=1S/C12H14F3NO2S/c13-12(14,15)8-3-5-16(6-4-8)7-9-1-2-10(19-9)11(17)18/h1-2,8H,3-7H2,(H,17,18). The van der Waals surface area contributed by atoms with Gasteiger partial charge in [-0.3, -0.25) is 4.90 Å². The van der Waals surface area contributed by atoms with Crippen LogP contribution in [0.25, 0.3) is 0 Å². The summed E-state index contributed by atoms with van der Waals surface area (Å²) < 4.78 is 37.5. The summed E-state index contributed by atoms with van der Waals surface area (Å²) in [6.07, 6.45) is -3.84. The molecule has 7 heteroatoms. The molecule has 1 fully saturated rings. The molecule has 19 heavy (non-hydrogen) atoms. The third-order valence-corrected chi connectivity index (χ3v) is 4.36. The summed E-state index contributed by atoms with van der Waals surface area (Å²) in [5.74, 6) is -2.16. The van der Waals surface area contributed by atoms with Crippen LogP contribution in [0.15, 0.2) is 12.1 Å². The van der Waals surface area contributed by atoms with Gasteiger partial charge in [-0.2, -0.15) is 13.2 Å². The van der Waals surface area contributed by atoms with Gasteiger partial charge in [-0.1, -0.05) is 0 Å². The molecule has 1 aliphatic rings. The Hall–Kier alpha value is -1.08. The van der Waals surface area contributed by atoms with E-state index in [-0.39, 0.29) is 17.7 Å². The SMILES string of the molecule is O=C(O)c1ccc(CN2CCC(C(F)(F)F)CC2)s1. The second kappa shape index (κ2) is 5.50. The van der Waals surface area contributed by atoms with Crippen LogP contribution in [-0.2, 0) is 6.54 Å². The molecule has 0 unspecified atom stereocenters. The summed E-state index contributed by atoms with van der Waals surface area (Å²) in [5, 5.41) is 8.80. The van der Waals surface area contributed by atoms with Crippen molar-refractivity contribution < 1.29 is 23.1 Å². The maximum Gasteiger partial charge on any atom is 0.391 e. The van der Waals surface area contributed by atoms with E-state index in [4.69, 9.17) is 5.11 Å². The van der Waals surface area contributed by atoms with Crippen molar-refractivity contribution in [2.75, 3.05) is 13.1 Å². The van der Waals surface area contributed by atoms with E-state index < -0.39 is 18.1 Å². The largest absolute Gasteiger partial charge is 0.477 e. The Kier molecular flexibility index (Phi) is 4.15. The molecule has 3 nitrogen and oxygen atoms in total. The number of likely N-dealkylation sites (tertiary alicyclic amines) is 1. The average molecular weight is 293 g/mol. The van der Waals surface area contributed by atoms with E-state index in [9.17, 15) is 18.0 Å². The van der Waals surface area contributed by atoms with E-state index in [0.717, 1.165) is 4.88 Å². The lowest BCUT2D eigenvalue weighted by Gasteiger charge is -2.32. The number of hydrogen-bond acceptors (Lipinski definition) is 3. The van der Waals surface area contributed by atoms with Crippen LogP contribution in [0, 0.1) is 5.92 Å². The highest BCUT2D eigenvalue weighted by Gasteiger charge is 2.40. The zero-order chi connectivity index (χ0) is 14.0. The van der Waals surface area contributed by atoms with Crippen LogP contribution in [0.5, 0.6) is 0 Å². The maximum atomic E-state index is 12.5. The predicted molar refractivity (Wildman–Crippen MR) is 65.3 cm³/mol. The van der Waals surface area contributed by atoms with Gasteiger partial charge in [-0.15, -0.1) is 11.3 Å². The minimum absolute atomic E-state index is 0.126. The third kappa shape index (κ3) is 3.70. The lowest BCUT2D eigenvalue weighted by molar-refractivity contribution is -0.185. The summed E-state index contributed by atoms with van der Waals surface area (Å²) in [5.41, 5.74) is 0. The zero-order valence-electron chi connectivity index (χ0n) is 10.1. The summed E-state index contributed by atoms with van der Waals surface area (Å²) in [7, 11) is 0. The monoisotopic (exact) mass is 293 g/mol. The van der Waals surface area contributed by atoms with Gasteiger partial charge in [0.1, 0.15) is 4.88 Å². The summed E-state index contributed by atoms with van der Waals surface area (Å²) in [6, 6.07) is 3.26. The van der Waals surface area contributed by atoms with Crippen molar-refractivity contribution in [2.24, 2.45) is 5.92 Å². The quantitative estimate of drug-likeness (QED) is 0.930. The average Bonchev–Trinajstić information content (AvgIpc) is 2.77. The molecule has 0 spiro atoms. The number of rotatable bonds is 3. The summed E-state index contributed by atoms with van der Waals surface area (Å²) >= 11 is 1.18. The third-order valence-electron chi connectivity index (χ3n) is 3.30. The molecule has 2 rings (SSSR count). The molecule has 2 heterocycles. The number of aromatic carboxylic acids is 1. The van der Waals surface area contributed by atoms with Gasteiger partial charge in [0.2, 0.25) is 0 Å². The molecule has 0 atom stereocenters. The first-order valence-electron chi connectivity index (χ1n) is 5.97. The van der Waals surface area contributed by atoms with Crippen molar-refractivity contribution in [1.82, 2.24) is 4.90 Å². The second-order valence-electron chi connectivity index (χ2n) is 4.66. The summed E-state index contributed by atoms with van der Waals surface area (Å²) in [6.45, 7) is 1.34. The van der Waals surface area contributed by atoms with Gasteiger partial charge >= 0.3 is 12.1 Å². The van der Waals surface area contributed by atoms with E-state index in [0.29, 0.717) is 19.6 Å². The minimum atomic E-state index is -4.09. The number of carboxylic acid groups (broad SMARTS) is 1. The number of hydrogen-bond donors (Lipinski definition) is 1. The topological polar surface area (TPSA) is 40.5 Å². The molecule has 0 saturated carbocycles. The normalized spacial score (nSPS) is 18.7. The van der Waals surface area contributed by atoms with Crippen LogP contribution in [-0.4, -0.2) is 35.2 Å². The predicted octanol–water partition coefficient (Wildman–Crippen LogP) is 3.22. The number of piperidine rings is 1. The van der Waals surface area contributed by atoms with Gasteiger partial charge in [0.15, 0.2) is 0 Å². The lowest BCUT2D eigenvalue weighted by Crippen LogP contribution is -2.38. The Morgan fingerprint density at radius 1 is 1.37 bits per heavy atom. The first-order chi connectivity index (χ1) is 8.86. The van der Waals surface area contributed by atoms with Gasteiger partial charge in [0, 0.05) is 11.4 Å². The molecule has 0 aliphatic carbocycles. The van der Waals surface area contributed by atoms with E-state index in [2.05, 4.69) is 0 Å². The fraction of sp³-hybridized carbons (Fsp3) is 0.583. The van der Waals surface area contributed by atoms with Crippen molar-refractivity contribution in [3.8, 4) is 0 Å². The van der Waals surface area contributed by atoms with Gasteiger partial charge in [0.05, 0.1) is 5.92 Å². The van der Waals surface area contributed by atoms with E-state index in [1.54, 1.807) is 6.07 Å². The van der Waals surface area contributed by atoms with Crippen molar-refractivity contribution >= 4 is 17.3 Å². The van der Waals surface area contributed by atoms with Crippen LogP contribution in [0.4, 0.5) is 13.2 Å². The van der Waals surface area contributed by atoms with E-state index in [1.165, 1.54) is 17.4 Å². The van der Waals surface area contributed by atoms with Gasteiger partial charge in [-0.05, 0) is 38.1 Å². The Morgan fingerprint density at radius 3 is 2.47 bits per heavy atom. The number of carboxylic acids is 1. The highest BCUT2D eigenvalue weighted by Crippen LogP contribution is 2.34. The Bertz CT molecular complexity index is 450. The van der Waals surface area contributed by atoms with Gasteiger partial charge < -0.3 is 5.11 Å². The van der Waals surface area contributed by atoms with Crippen molar-refractivity contribution in [1.29, 1.82) is 0 Å². The van der Waals surface area contributed by atoms with Crippen LogP contribution in [0.2, 0.25) is 0 Å². The molecule has 0 bridgehead atoms. The first kappa shape index (κ1) is 14.3. The molecular formula is C12H14F3NO2S. The van der Waals surface area contributed by atoms with Gasteiger partial charge in [0.25, 0.3) is 0 Å². The van der Waals surface area contributed by atoms with Crippen LogP contribution < -0.4 is 0 Å². The Labute approximate surface area is 112 Å².